The van der Waals surface area contributed by atoms with E-state index in [1.807, 2.05) is 13.0 Å². The summed E-state index contributed by atoms with van der Waals surface area (Å²) in [5.74, 6) is -0.116. The highest BCUT2D eigenvalue weighted by molar-refractivity contribution is 7.86. The van der Waals surface area contributed by atoms with E-state index in [1.54, 1.807) is 12.1 Å². The Morgan fingerprint density at radius 2 is 2.00 bits per heavy atom. The Hall–Kier alpha value is -1.42. The zero-order chi connectivity index (χ0) is 14.8. The summed E-state index contributed by atoms with van der Waals surface area (Å²) in [6.07, 6.45) is 1.19. The van der Waals surface area contributed by atoms with Crippen LogP contribution in [0.25, 0.3) is 0 Å². The minimum atomic E-state index is -3.91. The molecule has 5 nitrogen and oxygen atoms in total. The molecule has 2 rings (SSSR count). The van der Waals surface area contributed by atoms with Gasteiger partial charge in [0.05, 0.1) is 11.0 Å². The van der Waals surface area contributed by atoms with Crippen LogP contribution in [0.3, 0.4) is 0 Å². The van der Waals surface area contributed by atoms with Gasteiger partial charge in [-0.05, 0) is 38.3 Å². The smallest absolute Gasteiger partial charge is 0.298 e. The molecule has 1 aromatic carbocycles. The summed E-state index contributed by atoms with van der Waals surface area (Å²) in [5, 5.41) is 9.15. The lowest BCUT2D eigenvalue weighted by Gasteiger charge is -2.17. The maximum atomic E-state index is 12.1. The van der Waals surface area contributed by atoms with Gasteiger partial charge >= 0.3 is 0 Å². The molecule has 0 saturated heterocycles. The van der Waals surface area contributed by atoms with E-state index >= 15 is 0 Å². The number of nitrogens with two attached hydrogens (primary N) is 1. The molecule has 0 aromatic heterocycles. The maximum Gasteiger partial charge on any atom is 0.298 e. The van der Waals surface area contributed by atoms with Crippen LogP contribution in [-0.2, 0) is 14.3 Å². The second-order valence-electron chi connectivity index (χ2n) is 5.25. The molecular formula is C14H18N2O3S. The van der Waals surface area contributed by atoms with Gasteiger partial charge in [0.2, 0.25) is 0 Å². The van der Waals surface area contributed by atoms with Gasteiger partial charge in [0.1, 0.15) is 0 Å². The van der Waals surface area contributed by atoms with Crippen molar-refractivity contribution in [1.82, 2.24) is 0 Å². The average Bonchev–Trinajstić information content (AvgIpc) is 2.83. The highest BCUT2D eigenvalue weighted by atomic mass is 32.2. The molecule has 3 atom stereocenters. The second kappa shape index (κ2) is 5.92. The fourth-order valence-corrected chi connectivity index (χ4v) is 3.48. The van der Waals surface area contributed by atoms with Gasteiger partial charge < -0.3 is 5.73 Å². The third-order valence-electron chi connectivity index (χ3n) is 3.61. The predicted octanol–water partition coefficient (Wildman–Crippen LogP) is 1.72. The Labute approximate surface area is 119 Å². The number of hydrogen-bond acceptors (Lipinski definition) is 5. The molecule has 1 fully saturated rings. The molecule has 1 aliphatic carbocycles. The number of benzene rings is 1. The lowest BCUT2D eigenvalue weighted by molar-refractivity contribution is 0.193. The molecule has 1 aliphatic rings. The van der Waals surface area contributed by atoms with Gasteiger partial charge in [-0.2, -0.15) is 13.7 Å². The third kappa shape index (κ3) is 3.37. The summed E-state index contributed by atoms with van der Waals surface area (Å²) in [6, 6.07) is 8.34. The van der Waals surface area contributed by atoms with Gasteiger partial charge in [0.15, 0.2) is 6.10 Å². The lowest BCUT2D eigenvalue weighted by Crippen LogP contribution is -2.26. The molecule has 2 N–H and O–H groups in total. The standard InChI is InChI=1S/C14H18N2O3S/c1-10-2-6-13(7-3-10)20(17,18)19-14(9-15)11-4-5-12(16)8-11/h2-3,6-7,11-12,14H,4-5,8,16H2,1H3/t11?,12?,14-/m1/s1. The van der Waals surface area contributed by atoms with Gasteiger partial charge in [-0.25, -0.2) is 4.18 Å². The van der Waals surface area contributed by atoms with Crippen LogP contribution < -0.4 is 5.73 Å². The van der Waals surface area contributed by atoms with Crippen molar-refractivity contribution in [3.8, 4) is 6.07 Å². The van der Waals surface area contributed by atoms with Crippen LogP contribution in [0.2, 0.25) is 0 Å². The minimum Gasteiger partial charge on any atom is -0.328 e. The maximum absolute atomic E-state index is 12.1. The third-order valence-corrected chi connectivity index (χ3v) is 4.92. The van der Waals surface area contributed by atoms with Crippen molar-refractivity contribution < 1.29 is 12.6 Å². The summed E-state index contributed by atoms with van der Waals surface area (Å²) in [4.78, 5) is 0.0747. The normalized spacial score (nSPS) is 24.2. The first kappa shape index (κ1) is 15.0. The Bertz CT molecular complexity index is 604. The average molecular weight is 294 g/mol. The van der Waals surface area contributed by atoms with Gasteiger partial charge in [0.25, 0.3) is 10.1 Å². The van der Waals surface area contributed by atoms with Crippen molar-refractivity contribution in [2.75, 3.05) is 0 Å². The predicted molar refractivity (Wildman–Crippen MR) is 74.2 cm³/mol. The van der Waals surface area contributed by atoms with Gasteiger partial charge in [-0.3, -0.25) is 0 Å². The van der Waals surface area contributed by atoms with E-state index in [-0.39, 0.29) is 16.9 Å². The quantitative estimate of drug-likeness (QED) is 0.853. The van der Waals surface area contributed by atoms with Crippen LogP contribution in [0.5, 0.6) is 0 Å². The Morgan fingerprint density at radius 1 is 1.35 bits per heavy atom. The molecule has 1 saturated carbocycles. The van der Waals surface area contributed by atoms with E-state index in [2.05, 4.69) is 0 Å². The van der Waals surface area contributed by atoms with E-state index < -0.39 is 16.2 Å². The van der Waals surface area contributed by atoms with E-state index in [9.17, 15) is 8.42 Å². The SMILES string of the molecule is Cc1ccc(S(=O)(=O)O[C@H](C#N)C2CCC(N)C2)cc1. The summed E-state index contributed by atoms with van der Waals surface area (Å²) < 4.78 is 29.4. The van der Waals surface area contributed by atoms with Crippen molar-refractivity contribution in [1.29, 1.82) is 5.26 Å². The molecule has 0 heterocycles. The molecule has 1 aromatic rings. The van der Waals surface area contributed by atoms with E-state index in [0.717, 1.165) is 18.4 Å². The molecule has 20 heavy (non-hydrogen) atoms. The minimum absolute atomic E-state index is 0.0292. The molecule has 0 spiro atoms. The van der Waals surface area contributed by atoms with Gasteiger partial charge in [-0.1, -0.05) is 17.7 Å². The summed E-state index contributed by atoms with van der Waals surface area (Å²) in [6.45, 7) is 1.87. The fraction of sp³-hybridized carbons (Fsp3) is 0.500. The number of rotatable bonds is 4. The number of nitrogens with zero attached hydrogens (tertiary/aromatic N) is 1. The first-order valence-corrected chi connectivity index (χ1v) is 7.98. The van der Waals surface area contributed by atoms with Crippen molar-refractivity contribution in [3.63, 3.8) is 0 Å². The zero-order valence-electron chi connectivity index (χ0n) is 11.3. The second-order valence-corrected chi connectivity index (χ2v) is 6.82. The molecule has 108 valence electrons. The van der Waals surface area contributed by atoms with Crippen LogP contribution in [0.4, 0.5) is 0 Å². The van der Waals surface area contributed by atoms with Crippen molar-refractivity contribution in [2.45, 2.75) is 43.2 Å². The van der Waals surface area contributed by atoms with Crippen LogP contribution >= 0.6 is 0 Å². The molecule has 0 radical (unpaired) electrons. The molecule has 0 aliphatic heterocycles. The number of aryl methyl sites for hydroxylation is 1. The fourth-order valence-electron chi connectivity index (χ4n) is 2.43. The van der Waals surface area contributed by atoms with Crippen LogP contribution in [0.1, 0.15) is 24.8 Å². The molecule has 0 bridgehead atoms. The molecule has 0 amide bonds. The molecule has 6 heteroatoms. The Morgan fingerprint density at radius 3 is 2.50 bits per heavy atom. The molecular weight excluding hydrogens is 276 g/mol. The zero-order valence-corrected chi connectivity index (χ0v) is 12.1. The van der Waals surface area contributed by atoms with Crippen LogP contribution in [-0.4, -0.2) is 20.6 Å². The monoisotopic (exact) mass is 294 g/mol. The summed E-state index contributed by atoms with van der Waals surface area (Å²) in [7, 11) is -3.91. The highest BCUT2D eigenvalue weighted by Gasteiger charge is 2.33. The Balaban J connectivity index is 2.14. The summed E-state index contributed by atoms with van der Waals surface area (Å²) >= 11 is 0. The van der Waals surface area contributed by atoms with Crippen molar-refractivity contribution >= 4 is 10.1 Å². The van der Waals surface area contributed by atoms with Gasteiger partial charge in [0, 0.05) is 12.0 Å². The van der Waals surface area contributed by atoms with Crippen molar-refractivity contribution in [3.05, 3.63) is 29.8 Å². The van der Waals surface area contributed by atoms with E-state index in [4.69, 9.17) is 15.2 Å². The Kier molecular flexibility index (Phi) is 4.43. The first-order valence-electron chi connectivity index (χ1n) is 6.57. The summed E-state index contributed by atoms with van der Waals surface area (Å²) in [5.41, 5.74) is 6.76. The highest BCUT2D eigenvalue weighted by Crippen LogP contribution is 2.30. The number of nitriles is 1. The largest absolute Gasteiger partial charge is 0.328 e. The van der Waals surface area contributed by atoms with Crippen LogP contribution in [0, 0.1) is 24.2 Å². The van der Waals surface area contributed by atoms with E-state index in [0.29, 0.717) is 6.42 Å². The topological polar surface area (TPSA) is 93.2 Å². The first-order chi connectivity index (χ1) is 9.42. The van der Waals surface area contributed by atoms with Crippen LogP contribution in [0.15, 0.2) is 29.2 Å². The van der Waals surface area contributed by atoms with Crippen molar-refractivity contribution in [2.24, 2.45) is 11.7 Å². The van der Waals surface area contributed by atoms with E-state index in [1.165, 1.54) is 12.1 Å². The lowest BCUT2D eigenvalue weighted by atomic mass is 10.0. The van der Waals surface area contributed by atoms with Gasteiger partial charge in [-0.15, -0.1) is 0 Å². The molecule has 2 unspecified atom stereocenters. The number of hydrogen-bond donors (Lipinski definition) is 1.